The van der Waals surface area contributed by atoms with E-state index in [1.165, 1.54) is 0 Å². The number of ketones is 1. The van der Waals surface area contributed by atoms with E-state index in [2.05, 4.69) is 28.2 Å². The molecule has 0 aromatic heterocycles. The maximum Gasteiger partial charge on any atom is 0.184 e. The third kappa shape index (κ3) is 3.94. The minimum Gasteiger partial charge on any atom is -0.375 e. The molecule has 1 unspecified atom stereocenters. The Labute approximate surface area is 128 Å². The van der Waals surface area contributed by atoms with Gasteiger partial charge in [-0.1, -0.05) is 59.6 Å². The molecule has 1 atom stereocenters. The number of hydrogen-bond donors (Lipinski definition) is 1. The molecule has 3 heteroatoms. The van der Waals surface area contributed by atoms with Crippen LogP contribution in [0.4, 0.5) is 5.69 Å². The van der Waals surface area contributed by atoms with Crippen molar-refractivity contribution in [2.45, 2.75) is 25.8 Å². The zero-order valence-electron chi connectivity index (χ0n) is 11.5. The molecule has 104 valence electrons. The van der Waals surface area contributed by atoms with E-state index in [0.29, 0.717) is 0 Å². The summed E-state index contributed by atoms with van der Waals surface area (Å²) in [4.78, 5) is 12.5. The Morgan fingerprint density at radius 1 is 1.10 bits per heavy atom. The second-order valence-electron chi connectivity index (χ2n) is 4.72. The maximum absolute atomic E-state index is 12.5. The van der Waals surface area contributed by atoms with E-state index in [0.717, 1.165) is 28.6 Å². The molecule has 0 saturated carbocycles. The molecular formula is C17H18BrNO. The molecule has 2 nitrogen and oxygen atoms in total. The van der Waals surface area contributed by atoms with Gasteiger partial charge in [0.05, 0.1) is 6.04 Å². The van der Waals surface area contributed by atoms with Crippen LogP contribution in [0.5, 0.6) is 0 Å². The van der Waals surface area contributed by atoms with Crippen molar-refractivity contribution in [2.75, 3.05) is 5.32 Å². The quantitative estimate of drug-likeness (QED) is 0.761. The fraction of sp³-hybridized carbons (Fsp3) is 0.235. The van der Waals surface area contributed by atoms with Crippen molar-refractivity contribution < 1.29 is 4.79 Å². The van der Waals surface area contributed by atoms with Crippen molar-refractivity contribution in [1.29, 1.82) is 0 Å². The van der Waals surface area contributed by atoms with E-state index in [-0.39, 0.29) is 11.8 Å². The summed E-state index contributed by atoms with van der Waals surface area (Å²) in [6.07, 6.45) is 1.79. The molecule has 0 fully saturated rings. The average Bonchev–Trinajstić information content (AvgIpc) is 2.49. The first-order valence-electron chi connectivity index (χ1n) is 6.82. The SMILES string of the molecule is CCCC(Nc1ccc(Br)cc1)C(=O)c1ccccc1. The molecule has 2 aromatic rings. The van der Waals surface area contributed by atoms with Crippen molar-refractivity contribution in [3.05, 3.63) is 64.6 Å². The molecule has 0 aliphatic heterocycles. The van der Waals surface area contributed by atoms with Crippen molar-refractivity contribution >= 4 is 27.4 Å². The van der Waals surface area contributed by atoms with Gasteiger partial charge in [-0.05, 0) is 30.7 Å². The molecule has 0 spiro atoms. The lowest BCUT2D eigenvalue weighted by Gasteiger charge is -2.18. The highest BCUT2D eigenvalue weighted by Crippen LogP contribution is 2.18. The molecule has 2 rings (SSSR count). The lowest BCUT2D eigenvalue weighted by atomic mass is 10.00. The molecule has 0 radical (unpaired) electrons. The Morgan fingerprint density at radius 3 is 2.35 bits per heavy atom. The predicted molar refractivity (Wildman–Crippen MR) is 87.2 cm³/mol. The first-order chi connectivity index (χ1) is 9.70. The highest BCUT2D eigenvalue weighted by atomic mass is 79.9. The second-order valence-corrected chi connectivity index (χ2v) is 5.64. The number of nitrogens with one attached hydrogen (secondary N) is 1. The molecule has 0 aliphatic carbocycles. The summed E-state index contributed by atoms with van der Waals surface area (Å²) in [5.74, 6) is 0.148. The van der Waals surface area contributed by atoms with Crippen LogP contribution < -0.4 is 5.32 Å². The van der Waals surface area contributed by atoms with Gasteiger partial charge >= 0.3 is 0 Å². The molecule has 20 heavy (non-hydrogen) atoms. The summed E-state index contributed by atoms with van der Waals surface area (Å²) in [7, 11) is 0. The van der Waals surface area contributed by atoms with E-state index in [9.17, 15) is 4.79 Å². The van der Waals surface area contributed by atoms with Crippen LogP contribution in [-0.4, -0.2) is 11.8 Å². The fourth-order valence-corrected chi connectivity index (χ4v) is 2.37. The van der Waals surface area contributed by atoms with E-state index in [1.807, 2.05) is 54.6 Å². The van der Waals surface area contributed by atoms with Gasteiger partial charge in [0, 0.05) is 15.7 Å². The molecule has 0 aliphatic rings. The minimum absolute atomic E-state index is 0.148. The predicted octanol–water partition coefficient (Wildman–Crippen LogP) is 4.91. The Morgan fingerprint density at radius 2 is 1.75 bits per heavy atom. The smallest absolute Gasteiger partial charge is 0.184 e. The minimum atomic E-state index is -0.177. The van der Waals surface area contributed by atoms with Crippen LogP contribution in [0.3, 0.4) is 0 Å². The Kier molecular flexibility index (Phi) is 5.36. The van der Waals surface area contributed by atoms with Crippen LogP contribution in [0.1, 0.15) is 30.1 Å². The van der Waals surface area contributed by atoms with E-state index >= 15 is 0 Å². The highest BCUT2D eigenvalue weighted by molar-refractivity contribution is 9.10. The maximum atomic E-state index is 12.5. The summed E-state index contributed by atoms with van der Waals surface area (Å²) in [6.45, 7) is 2.09. The third-order valence-electron chi connectivity index (χ3n) is 3.14. The summed E-state index contributed by atoms with van der Waals surface area (Å²) in [5, 5.41) is 3.34. The molecule has 0 heterocycles. The van der Waals surface area contributed by atoms with Crippen molar-refractivity contribution in [3.63, 3.8) is 0 Å². The second kappa shape index (κ2) is 7.25. The van der Waals surface area contributed by atoms with Gasteiger partial charge in [-0.25, -0.2) is 0 Å². The molecular weight excluding hydrogens is 314 g/mol. The zero-order chi connectivity index (χ0) is 14.4. The summed E-state index contributed by atoms with van der Waals surface area (Å²) in [6, 6.07) is 17.2. The standard InChI is InChI=1S/C17H18BrNO/c1-2-6-16(17(20)13-7-4-3-5-8-13)19-15-11-9-14(18)10-12-15/h3-5,7-12,16,19H,2,6H2,1H3. The number of halogens is 1. The van der Waals surface area contributed by atoms with Gasteiger partial charge in [0.15, 0.2) is 5.78 Å². The van der Waals surface area contributed by atoms with Gasteiger partial charge in [-0.15, -0.1) is 0 Å². The lowest BCUT2D eigenvalue weighted by Crippen LogP contribution is -2.29. The van der Waals surface area contributed by atoms with Gasteiger partial charge < -0.3 is 5.32 Å². The van der Waals surface area contributed by atoms with Gasteiger partial charge in [0.2, 0.25) is 0 Å². The fourth-order valence-electron chi connectivity index (χ4n) is 2.11. The first-order valence-corrected chi connectivity index (χ1v) is 7.61. The number of benzene rings is 2. The number of carbonyl (C=O) groups excluding carboxylic acids is 1. The monoisotopic (exact) mass is 331 g/mol. The summed E-state index contributed by atoms with van der Waals surface area (Å²) < 4.78 is 1.03. The number of anilines is 1. The Bertz CT molecular complexity index is 551. The molecule has 2 aromatic carbocycles. The van der Waals surface area contributed by atoms with Gasteiger partial charge in [-0.2, -0.15) is 0 Å². The van der Waals surface area contributed by atoms with Crippen molar-refractivity contribution in [2.24, 2.45) is 0 Å². The Hall–Kier alpha value is -1.61. The largest absolute Gasteiger partial charge is 0.375 e. The van der Waals surface area contributed by atoms with Crippen LogP contribution in [-0.2, 0) is 0 Å². The molecule has 0 amide bonds. The summed E-state index contributed by atoms with van der Waals surface area (Å²) in [5.41, 5.74) is 1.73. The van der Waals surface area contributed by atoms with Gasteiger partial charge in [0.25, 0.3) is 0 Å². The lowest BCUT2D eigenvalue weighted by molar-refractivity contribution is 0.0965. The number of Topliss-reactive ketones (excluding diaryl/α,β-unsaturated/α-hetero) is 1. The molecule has 0 saturated heterocycles. The zero-order valence-corrected chi connectivity index (χ0v) is 13.1. The van der Waals surface area contributed by atoms with Crippen LogP contribution >= 0.6 is 15.9 Å². The van der Waals surface area contributed by atoms with Crippen LogP contribution in [0.25, 0.3) is 0 Å². The number of carbonyl (C=O) groups is 1. The van der Waals surface area contributed by atoms with E-state index < -0.39 is 0 Å². The number of hydrogen-bond acceptors (Lipinski definition) is 2. The third-order valence-corrected chi connectivity index (χ3v) is 3.67. The van der Waals surface area contributed by atoms with E-state index in [1.54, 1.807) is 0 Å². The first kappa shape index (κ1) is 14.8. The topological polar surface area (TPSA) is 29.1 Å². The summed E-state index contributed by atoms with van der Waals surface area (Å²) >= 11 is 3.41. The van der Waals surface area contributed by atoms with Crippen LogP contribution in [0.2, 0.25) is 0 Å². The number of rotatable bonds is 6. The normalized spacial score (nSPS) is 11.9. The van der Waals surface area contributed by atoms with Crippen molar-refractivity contribution in [3.8, 4) is 0 Å². The van der Waals surface area contributed by atoms with Crippen LogP contribution in [0.15, 0.2) is 59.1 Å². The van der Waals surface area contributed by atoms with Crippen LogP contribution in [0, 0.1) is 0 Å². The molecule has 1 N–H and O–H groups in total. The van der Waals surface area contributed by atoms with Gasteiger partial charge in [-0.3, -0.25) is 4.79 Å². The highest BCUT2D eigenvalue weighted by Gasteiger charge is 2.18. The van der Waals surface area contributed by atoms with E-state index in [4.69, 9.17) is 0 Å². The average molecular weight is 332 g/mol. The van der Waals surface area contributed by atoms with Crippen molar-refractivity contribution in [1.82, 2.24) is 0 Å². The Balaban J connectivity index is 2.14. The van der Waals surface area contributed by atoms with Gasteiger partial charge in [0.1, 0.15) is 0 Å². The molecule has 0 bridgehead atoms.